The molecular weight excluding hydrogens is 146 g/mol. The zero-order chi connectivity index (χ0) is 8.36. The van der Waals surface area contributed by atoms with E-state index in [4.69, 9.17) is 15.7 Å². The molecule has 0 rings (SSSR count). The smallest absolute Gasteiger partial charge is 0.169 e. The predicted octanol–water partition coefficient (Wildman–Crippen LogP) is -0.641. The molecule has 0 aromatic rings. The van der Waals surface area contributed by atoms with Crippen LogP contribution in [-0.4, -0.2) is 37.8 Å². The molecule has 0 aliphatic heterocycles. The fourth-order valence-corrected chi connectivity index (χ4v) is 0.467. The molecular formula is C6H15N3O2. The van der Waals surface area contributed by atoms with Crippen LogP contribution in [0.5, 0.6) is 0 Å². The van der Waals surface area contributed by atoms with Crippen molar-refractivity contribution in [2.45, 2.75) is 6.42 Å². The van der Waals surface area contributed by atoms with Gasteiger partial charge in [0.05, 0.1) is 13.2 Å². The first kappa shape index (κ1) is 10.3. The average molecular weight is 161 g/mol. The summed E-state index contributed by atoms with van der Waals surface area (Å²) in [6.07, 6.45) is 2.15. The molecule has 0 saturated carbocycles. The molecule has 5 nitrogen and oxygen atoms in total. The summed E-state index contributed by atoms with van der Waals surface area (Å²) in [7, 11) is 0. The summed E-state index contributed by atoms with van der Waals surface area (Å²) in [5.41, 5.74) is 7.20. The Kier molecular flexibility index (Phi) is 8.80. The number of nitrogens with two attached hydrogens (primary N) is 1. The van der Waals surface area contributed by atoms with Crippen molar-refractivity contribution in [2.75, 3.05) is 26.2 Å². The Hall–Kier alpha value is -0.650. The Morgan fingerprint density at radius 2 is 2.45 bits per heavy atom. The average Bonchev–Trinajstić information content (AvgIpc) is 2.03. The first-order chi connectivity index (χ1) is 5.41. The van der Waals surface area contributed by atoms with Crippen LogP contribution in [0.25, 0.3) is 0 Å². The van der Waals surface area contributed by atoms with Crippen LogP contribution in [0.15, 0.2) is 4.99 Å². The topological polar surface area (TPSA) is 79.9 Å². The fraction of sp³-hybridized carbons (Fsp3) is 0.833. The summed E-state index contributed by atoms with van der Waals surface area (Å²) >= 11 is 0. The molecule has 0 aliphatic rings. The van der Waals surface area contributed by atoms with E-state index in [1.807, 2.05) is 5.48 Å². The van der Waals surface area contributed by atoms with Crippen LogP contribution in [0.4, 0.5) is 0 Å². The molecule has 5 heteroatoms. The van der Waals surface area contributed by atoms with E-state index in [0.717, 1.165) is 6.42 Å². The monoisotopic (exact) mass is 161 g/mol. The van der Waals surface area contributed by atoms with Crippen molar-refractivity contribution in [1.82, 2.24) is 5.48 Å². The summed E-state index contributed by atoms with van der Waals surface area (Å²) < 4.78 is 4.94. The largest absolute Gasteiger partial charge is 0.483 e. The van der Waals surface area contributed by atoms with Gasteiger partial charge in [-0.2, -0.15) is 0 Å². The molecule has 0 saturated heterocycles. The summed E-state index contributed by atoms with van der Waals surface area (Å²) in [5.74, 6) is 0. The van der Waals surface area contributed by atoms with E-state index < -0.39 is 0 Å². The van der Waals surface area contributed by atoms with Gasteiger partial charge < -0.3 is 15.7 Å². The zero-order valence-corrected chi connectivity index (χ0v) is 6.49. The second kappa shape index (κ2) is 9.35. The molecule has 0 spiro atoms. The van der Waals surface area contributed by atoms with Gasteiger partial charge in [-0.15, -0.1) is 0 Å². The van der Waals surface area contributed by atoms with Crippen molar-refractivity contribution in [3.8, 4) is 0 Å². The molecule has 66 valence electrons. The number of hydrogen-bond donors (Lipinski definition) is 3. The third-order valence-corrected chi connectivity index (χ3v) is 0.958. The normalized spacial score (nSPS) is 10.7. The van der Waals surface area contributed by atoms with Crippen molar-refractivity contribution in [3.63, 3.8) is 0 Å². The third-order valence-electron chi connectivity index (χ3n) is 0.958. The molecule has 0 atom stereocenters. The van der Waals surface area contributed by atoms with Gasteiger partial charge in [-0.25, -0.2) is 5.48 Å². The molecule has 0 unspecified atom stereocenters. The highest BCUT2D eigenvalue weighted by Crippen LogP contribution is 1.76. The minimum absolute atomic E-state index is 0.532. The van der Waals surface area contributed by atoms with Gasteiger partial charge in [0.15, 0.2) is 6.40 Å². The van der Waals surface area contributed by atoms with Crippen LogP contribution in [0.2, 0.25) is 0 Å². The molecule has 0 fully saturated rings. The van der Waals surface area contributed by atoms with Gasteiger partial charge in [-0.3, -0.25) is 4.99 Å². The molecule has 0 bridgehead atoms. The molecule has 11 heavy (non-hydrogen) atoms. The van der Waals surface area contributed by atoms with Crippen molar-refractivity contribution >= 4 is 6.40 Å². The number of nitrogens with one attached hydrogen (secondary N) is 1. The molecule has 0 aromatic carbocycles. The molecule has 0 heterocycles. The minimum Gasteiger partial charge on any atom is -0.483 e. The van der Waals surface area contributed by atoms with Gasteiger partial charge in [0.2, 0.25) is 0 Å². The SMILES string of the molecule is NCCN=COCCCNO. The highest BCUT2D eigenvalue weighted by atomic mass is 16.5. The predicted molar refractivity (Wildman–Crippen MR) is 42.8 cm³/mol. The van der Waals surface area contributed by atoms with E-state index in [-0.39, 0.29) is 0 Å². The van der Waals surface area contributed by atoms with Crippen molar-refractivity contribution in [1.29, 1.82) is 0 Å². The maximum atomic E-state index is 8.15. The second-order valence-corrected chi connectivity index (χ2v) is 1.93. The van der Waals surface area contributed by atoms with E-state index in [9.17, 15) is 0 Å². The Balaban J connectivity index is 2.89. The fourth-order valence-electron chi connectivity index (χ4n) is 0.467. The summed E-state index contributed by atoms with van der Waals surface area (Å²) in [4.78, 5) is 3.83. The maximum absolute atomic E-state index is 8.15. The number of hydrogen-bond acceptors (Lipinski definition) is 5. The zero-order valence-electron chi connectivity index (χ0n) is 6.49. The van der Waals surface area contributed by atoms with Gasteiger partial charge in [-0.1, -0.05) is 0 Å². The van der Waals surface area contributed by atoms with Crippen LogP contribution in [-0.2, 0) is 4.74 Å². The number of ether oxygens (including phenoxy) is 1. The Morgan fingerprint density at radius 3 is 3.09 bits per heavy atom. The lowest BCUT2D eigenvalue weighted by Crippen LogP contribution is -2.11. The molecule has 0 radical (unpaired) electrons. The number of nitrogens with zero attached hydrogens (tertiary/aromatic N) is 1. The molecule has 0 aliphatic carbocycles. The summed E-state index contributed by atoms with van der Waals surface area (Å²) in [6, 6.07) is 0. The van der Waals surface area contributed by atoms with Crippen LogP contribution in [0.1, 0.15) is 6.42 Å². The van der Waals surface area contributed by atoms with E-state index in [1.54, 1.807) is 0 Å². The quantitative estimate of drug-likeness (QED) is 0.201. The molecule has 0 amide bonds. The Bertz CT molecular complexity index is 97.8. The minimum atomic E-state index is 0.532. The highest BCUT2D eigenvalue weighted by molar-refractivity contribution is 5.46. The van der Waals surface area contributed by atoms with Gasteiger partial charge in [0, 0.05) is 13.1 Å². The van der Waals surface area contributed by atoms with Gasteiger partial charge >= 0.3 is 0 Å². The number of rotatable bonds is 7. The van der Waals surface area contributed by atoms with Crippen molar-refractivity contribution in [2.24, 2.45) is 10.7 Å². The highest BCUT2D eigenvalue weighted by Gasteiger charge is 1.83. The van der Waals surface area contributed by atoms with Gasteiger partial charge in [-0.05, 0) is 6.42 Å². The summed E-state index contributed by atoms with van der Waals surface area (Å²) in [5, 5.41) is 8.15. The lowest BCUT2D eigenvalue weighted by molar-refractivity contribution is 0.157. The molecule has 0 aromatic heterocycles. The number of hydroxylamine groups is 1. The van der Waals surface area contributed by atoms with Crippen molar-refractivity contribution < 1.29 is 9.94 Å². The lowest BCUT2D eigenvalue weighted by atomic mass is 10.5. The van der Waals surface area contributed by atoms with Crippen LogP contribution in [0.3, 0.4) is 0 Å². The van der Waals surface area contributed by atoms with Crippen molar-refractivity contribution in [3.05, 3.63) is 0 Å². The van der Waals surface area contributed by atoms with Gasteiger partial charge in [0.1, 0.15) is 0 Å². The number of aliphatic imine (C=N–C) groups is 1. The Labute approximate surface area is 66.2 Å². The maximum Gasteiger partial charge on any atom is 0.169 e. The second-order valence-electron chi connectivity index (χ2n) is 1.93. The Morgan fingerprint density at radius 1 is 1.64 bits per heavy atom. The van der Waals surface area contributed by atoms with Crippen LogP contribution in [0, 0.1) is 0 Å². The third kappa shape index (κ3) is 9.35. The van der Waals surface area contributed by atoms with Crippen LogP contribution >= 0.6 is 0 Å². The van der Waals surface area contributed by atoms with E-state index in [1.165, 1.54) is 6.40 Å². The lowest BCUT2D eigenvalue weighted by Gasteiger charge is -1.97. The van der Waals surface area contributed by atoms with E-state index >= 15 is 0 Å². The summed E-state index contributed by atoms with van der Waals surface area (Å²) in [6.45, 7) is 2.22. The van der Waals surface area contributed by atoms with Crippen LogP contribution < -0.4 is 11.2 Å². The van der Waals surface area contributed by atoms with E-state index in [0.29, 0.717) is 26.2 Å². The first-order valence-electron chi connectivity index (χ1n) is 3.58. The van der Waals surface area contributed by atoms with Gasteiger partial charge in [0.25, 0.3) is 0 Å². The standard InChI is InChI=1S/C6H15N3O2/c7-2-4-8-6-11-5-1-3-9-10/h6,9-10H,1-5,7H2. The van der Waals surface area contributed by atoms with E-state index in [2.05, 4.69) is 4.99 Å². The molecule has 4 N–H and O–H groups in total. The first-order valence-corrected chi connectivity index (χ1v) is 3.58.